The number of rotatable bonds is 8. The Morgan fingerprint density at radius 1 is 1.06 bits per heavy atom. The molecular formula is C26H34N4O6. The minimum absolute atomic E-state index is 0.0493. The molecule has 0 saturated carbocycles. The number of methoxy groups -OCH3 is 2. The zero-order valence-corrected chi connectivity index (χ0v) is 21.8. The summed E-state index contributed by atoms with van der Waals surface area (Å²) in [5, 5.41) is 0. The average Bonchev–Trinajstić information content (AvgIpc) is 2.87. The Morgan fingerprint density at radius 3 is 2.42 bits per heavy atom. The van der Waals surface area contributed by atoms with E-state index < -0.39 is 5.97 Å². The van der Waals surface area contributed by atoms with Gasteiger partial charge in [0, 0.05) is 31.7 Å². The Bertz CT molecular complexity index is 1140. The van der Waals surface area contributed by atoms with Gasteiger partial charge in [-0.05, 0) is 39.3 Å². The van der Waals surface area contributed by atoms with Gasteiger partial charge >= 0.3 is 5.97 Å². The lowest BCUT2D eigenvalue weighted by molar-refractivity contribution is 0.0404. The molecule has 2 amide bonds. The van der Waals surface area contributed by atoms with Gasteiger partial charge in [0.1, 0.15) is 28.6 Å². The average molecular weight is 499 g/mol. The van der Waals surface area contributed by atoms with E-state index in [4.69, 9.17) is 14.2 Å². The van der Waals surface area contributed by atoms with Crippen LogP contribution in [0.2, 0.25) is 0 Å². The molecule has 1 aliphatic rings. The molecule has 0 radical (unpaired) electrons. The molecule has 1 aliphatic heterocycles. The summed E-state index contributed by atoms with van der Waals surface area (Å²) < 4.78 is 15.8. The van der Waals surface area contributed by atoms with Crippen LogP contribution in [0.5, 0.6) is 11.5 Å². The lowest BCUT2D eigenvalue weighted by Gasteiger charge is -2.40. The number of carbonyl (C=O) groups excluding carboxylic acids is 3. The molecule has 1 aromatic carbocycles. The molecule has 0 spiro atoms. The maximum atomic E-state index is 13.6. The zero-order valence-electron chi connectivity index (χ0n) is 21.8. The summed E-state index contributed by atoms with van der Waals surface area (Å²) in [5.41, 5.74) is 1.11. The first-order valence-corrected chi connectivity index (χ1v) is 12.1. The molecule has 0 bridgehead atoms. The molecule has 10 nitrogen and oxygen atoms in total. The van der Waals surface area contributed by atoms with Crippen LogP contribution < -0.4 is 9.47 Å². The Balaban J connectivity index is 1.85. The highest BCUT2D eigenvalue weighted by Crippen LogP contribution is 2.27. The summed E-state index contributed by atoms with van der Waals surface area (Å²) >= 11 is 0. The number of aryl methyl sites for hydroxylation is 2. The first kappa shape index (κ1) is 26.9. The Morgan fingerprint density at radius 2 is 1.81 bits per heavy atom. The molecule has 194 valence electrons. The summed E-state index contributed by atoms with van der Waals surface area (Å²) in [6, 6.07) is 4.78. The van der Waals surface area contributed by atoms with E-state index in [0.29, 0.717) is 48.1 Å². The predicted octanol–water partition coefficient (Wildman–Crippen LogP) is 2.92. The predicted molar refractivity (Wildman–Crippen MR) is 133 cm³/mol. The van der Waals surface area contributed by atoms with Crippen molar-refractivity contribution in [2.24, 2.45) is 0 Å². The van der Waals surface area contributed by atoms with E-state index in [2.05, 4.69) is 9.97 Å². The van der Waals surface area contributed by atoms with Gasteiger partial charge in [0.15, 0.2) is 0 Å². The molecule has 1 unspecified atom stereocenters. The van der Waals surface area contributed by atoms with E-state index in [-0.39, 0.29) is 42.3 Å². The maximum absolute atomic E-state index is 13.6. The Hall–Kier alpha value is -3.69. The fraction of sp³-hybridized carbons (Fsp3) is 0.500. The van der Waals surface area contributed by atoms with Crippen molar-refractivity contribution in [3.8, 4) is 11.5 Å². The number of hydrogen-bond acceptors (Lipinski definition) is 8. The summed E-state index contributed by atoms with van der Waals surface area (Å²) in [7, 11) is 3.05. The number of carbonyl (C=O) groups is 3. The van der Waals surface area contributed by atoms with Crippen molar-refractivity contribution in [2.75, 3.05) is 40.5 Å². The van der Waals surface area contributed by atoms with Crippen LogP contribution in [0, 0.1) is 6.92 Å². The van der Waals surface area contributed by atoms with Crippen molar-refractivity contribution in [3.63, 3.8) is 0 Å². The first-order chi connectivity index (χ1) is 17.2. The minimum atomic E-state index is -0.599. The van der Waals surface area contributed by atoms with Gasteiger partial charge < -0.3 is 24.0 Å². The topological polar surface area (TPSA) is 111 Å². The van der Waals surface area contributed by atoms with Crippen molar-refractivity contribution in [1.82, 2.24) is 19.8 Å². The van der Waals surface area contributed by atoms with Gasteiger partial charge in [-0.3, -0.25) is 9.59 Å². The van der Waals surface area contributed by atoms with Crippen LogP contribution in [-0.4, -0.2) is 84.1 Å². The van der Waals surface area contributed by atoms with Crippen molar-refractivity contribution < 1.29 is 28.6 Å². The van der Waals surface area contributed by atoms with Crippen LogP contribution in [0.3, 0.4) is 0 Å². The van der Waals surface area contributed by atoms with E-state index in [0.717, 1.165) is 6.42 Å². The molecule has 3 rings (SSSR count). The van der Waals surface area contributed by atoms with Crippen LogP contribution >= 0.6 is 0 Å². The third kappa shape index (κ3) is 5.58. The molecule has 1 atom stereocenters. The number of hydrogen-bond donors (Lipinski definition) is 0. The number of nitrogens with zero attached hydrogens (tertiary/aromatic N) is 4. The number of amides is 2. The lowest BCUT2D eigenvalue weighted by Crippen LogP contribution is -2.55. The molecular weight excluding hydrogens is 464 g/mol. The largest absolute Gasteiger partial charge is 0.497 e. The molecule has 2 heterocycles. The van der Waals surface area contributed by atoms with Crippen molar-refractivity contribution >= 4 is 17.8 Å². The van der Waals surface area contributed by atoms with Gasteiger partial charge in [-0.1, -0.05) is 13.3 Å². The van der Waals surface area contributed by atoms with Crippen molar-refractivity contribution in [2.45, 2.75) is 46.6 Å². The molecule has 10 heteroatoms. The summed E-state index contributed by atoms with van der Waals surface area (Å²) in [6.45, 7) is 8.35. The van der Waals surface area contributed by atoms with Gasteiger partial charge in [-0.15, -0.1) is 0 Å². The molecule has 0 N–H and O–H groups in total. The van der Waals surface area contributed by atoms with Crippen LogP contribution in [0.1, 0.15) is 69.9 Å². The Kier molecular flexibility index (Phi) is 8.84. The van der Waals surface area contributed by atoms with Crippen LogP contribution in [0.15, 0.2) is 18.2 Å². The highest BCUT2D eigenvalue weighted by Gasteiger charge is 2.35. The Labute approximate surface area is 211 Å². The van der Waals surface area contributed by atoms with Crippen LogP contribution in [0.4, 0.5) is 0 Å². The third-order valence-electron chi connectivity index (χ3n) is 6.08. The number of aromatic nitrogens is 2. The number of benzene rings is 1. The standard InChI is InChI=1S/C26H34N4O6/c1-7-9-20-22(26(33)36-8-2)23(28-17(4)27-20)25(32)29-12-13-30(16(3)15-29)24(31)19-11-10-18(34-5)14-21(19)35-6/h10-11,14,16H,7-9,12-13,15H2,1-6H3. The summed E-state index contributed by atoms with van der Waals surface area (Å²) in [6.07, 6.45) is 1.28. The number of piperazine rings is 1. The smallest absolute Gasteiger partial charge is 0.342 e. The van der Waals surface area contributed by atoms with E-state index >= 15 is 0 Å². The number of ether oxygens (including phenoxy) is 3. The highest BCUT2D eigenvalue weighted by molar-refractivity contribution is 6.05. The molecule has 1 fully saturated rings. The summed E-state index contributed by atoms with van der Waals surface area (Å²) in [5.74, 6) is 0.267. The van der Waals surface area contributed by atoms with Crippen LogP contribution in [0.25, 0.3) is 0 Å². The van der Waals surface area contributed by atoms with Gasteiger partial charge in [-0.2, -0.15) is 0 Å². The third-order valence-corrected chi connectivity index (χ3v) is 6.08. The summed E-state index contributed by atoms with van der Waals surface area (Å²) in [4.78, 5) is 51.8. The molecule has 2 aromatic rings. The first-order valence-electron chi connectivity index (χ1n) is 12.1. The quantitative estimate of drug-likeness (QED) is 0.511. The van der Waals surface area contributed by atoms with Crippen LogP contribution in [-0.2, 0) is 11.2 Å². The number of esters is 1. The monoisotopic (exact) mass is 498 g/mol. The lowest BCUT2D eigenvalue weighted by atomic mass is 10.0. The van der Waals surface area contributed by atoms with Crippen molar-refractivity contribution in [1.29, 1.82) is 0 Å². The molecule has 36 heavy (non-hydrogen) atoms. The fourth-order valence-corrected chi connectivity index (χ4v) is 4.34. The second kappa shape index (κ2) is 11.8. The fourth-order valence-electron chi connectivity index (χ4n) is 4.34. The highest BCUT2D eigenvalue weighted by atomic mass is 16.5. The van der Waals surface area contributed by atoms with Gasteiger partial charge in [0.25, 0.3) is 11.8 Å². The maximum Gasteiger partial charge on any atom is 0.342 e. The van der Waals surface area contributed by atoms with Gasteiger partial charge in [-0.25, -0.2) is 14.8 Å². The van der Waals surface area contributed by atoms with E-state index in [9.17, 15) is 14.4 Å². The molecule has 1 aromatic heterocycles. The minimum Gasteiger partial charge on any atom is -0.497 e. The second-order valence-electron chi connectivity index (χ2n) is 8.58. The van der Waals surface area contributed by atoms with Gasteiger partial charge in [0.05, 0.1) is 32.1 Å². The van der Waals surface area contributed by atoms with E-state index in [1.54, 1.807) is 49.0 Å². The molecule has 0 aliphatic carbocycles. The zero-order chi connectivity index (χ0) is 26.4. The van der Waals surface area contributed by atoms with E-state index in [1.807, 2.05) is 13.8 Å². The normalized spacial score (nSPS) is 15.4. The second-order valence-corrected chi connectivity index (χ2v) is 8.58. The van der Waals surface area contributed by atoms with Crippen molar-refractivity contribution in [3.05, 3.63) is 46.5 Å². The SMILES string of the molecule is CCCc1nc(C)nc(C(=O)N2CCN(C(=O)c3ccc(OC)cc3OC)C(C)C2)c1C(=O)OCC. The van der Waals surface area contributed by atoms with Gasteiger partial charge in [0.2, 0.25) is 0 Å². The van der Waals surface area contributed by atoms with E-state index in [1.165, 1.54) is 7.11 Å². The molecule has 1 saturated heterocycles.